The molecular formula is C27H18F6N2O3. The summed E-state index contributed by atoms with van der Waals surface area (Å²) in [6.45, 7) is -0.776. The molecule has 4 aromatic rings. The van der Waals surface area contributed by atoms with E-state index in [1.54, 1.807) is 42.5 Å². The van der Waals surface area contributed by atoms with Gasteiger partial charge in [-0.1, -0.05) is 30.3 Å². The summed E-state index contributed by atoms with van der Waals surface area (Å²) in [5.41, 5.74) is -2.28. The molecule has 0 unspecified atom stereocenters. The minimum Gasteiger partial charge on any atom is -0.454 e. The molecule has 3 aromatic carbocycles. The van der Waals surface area contributed by atoms with Crippen LogP contribution in [-0.4, -0.2) is 22.6 Å². The zero-order valence-corrected chi connectivity index (χ0v) is 19.4. The van der Waals surface area contributed by atoms with Crippen LogP contribution in [0.3, 0.4) is 0 Å². The number of aromatic nitrogens is 1. The average molecular weight is 532 g/mol. The summed E-state index contributed by atoms with van der Waals surface area (Å²) >= 11 is 0. The van der Waals surface area contributed by atoms with E-state index in [0.717, 1.165) is 4.90 Å². The van der Waals surface area contributed by atoms with Crippen LogP contribution in [0.4, 0.5) is 26.3 Å². The Morgan fingerprint density at radius 1 is 0.842 bits per heavy atom. The zero-order chi connectivity index (χ0) is 27.1. The van der Waals surface area contributed by atoms with Gasteiger partial charge in [-0.2, -0.15) is 26.3 Å². The van der Waals surface area contributed by atoms with Crippen molar-refractivity contribution in [3.05, 3.63) is 101 Å². The third kappa shape index (κ3) is 5.09. The van der Waals surface area contributed by atoms with Crippen molar-refractivity contribution >= 4 is 16.8 Å². The normalized spacial score (nSPS) is 13.1. The summed E-state index contributed by atoms with van der Waals surface area (Å²) in [6, 6.07) is 14.5. The number of carbonyl (C=O) groups excluding carboxylic acids is 1. The Labute approximate surface area is 212 Å². The number of para-hydroxylation sites is 2. The topological polar surface area (TPSA) is 51.7 Å². The SMILES string of the molecule is O=C(c1cccc2cccnc12)N(Cc1cc(C(F)(F)F)cc(C(F)(F)F)c1)Cc1cccc2c1OCO2. The predicted octanol–water partition coefficient (Wildman–Crippen LogP) is 6.84. The largest absolute Gasteiger partial charge is 0.454 e. The van der Waals surface area contributed by atoms with Crippen LogP contribution in [0, 0.1) is 0 Å². The smallest absolute Gasteiger partial charge is 0.416 e. The monoisotopic (exact) mass is 532 g/mol. The Morgan fingerprint density at radius 3 is 2.24 bits per heavy atom. The summed E-state index contributed by atoms with van der Waals surface area (Å²) in [7, 11) is 0. The number of hydrogen-bond acceptors (Lipinski definition) is 4. The fraction of sp³-hybridized carbons (Fsp3) is 0.185. The number of hydrogen-bond donors (Lipinski definition) is 0. The van der Waals surface area contributed by atoms with Crippen molar-refractivity contribution in [1.82, 2.24) is 9.88 Å². The molecule has 0 spiro atoms. The van der Waals surface area contributed by atoms with E-state index in [0.29, 0.717) is 40.1 Å². The first-order valence-electron chi connectivity index (χ1n) is 11.3. The molecule has 196 valence electrons. The molecule has 1 amide bonds. The average Bonchev–Trinajstić information content (AvgIpc) is 3.36. The van der Waals surface area contributed by atoms with E-state index in [1.165, 1.54) is 12.3 Å². The second-order valence-corrected chi connectivity index (χ2v) is 8.61. The van der Waals surface area contributed by atoms with Crippen LogP contribution < -0.4 is 9.47 Å². The van der Waals surface area contributed by atoms with Gasteiger partial charge in [0.05, 0.1) is 28.8 Å². The number of nitrogens with zero attached hydrogens (tertiary/aromatic N) is 2. The fourth-order valence-corrected chi connectivity index (χ4v) is 4.30. The number of ether oxygens (including phenoxy) is 2. The van der Waals surface area contributed by atoms with E-state index in [4.69, 9.17) is 9.47 Å². The van der Waals surface area contributed by atoms with Crippen LogP contribution in [0.5, 0.6) is 11.5 Å². The molecule has 0 saturated heterocycles. The first-order valence-corrected chi connectivity index (χ1v) is 11.3. The standard InChI is InChI=1S/C27H18F6N2O3/c28-26(29,30)19-10-16(11-20(12-19)27(31,32)33)13-35(14-18-5-2-8-22-24(18)38-15-37-22)25(36)21-7-1-4-17-6-3-9-34-23(17)21/h1-12H,13-15H2. The Hall–Kier alpha value is -4.28. The van der Waals surface area contributed by atoms with Crippen LogP contribution in [-0.2, 0) is 25.4 Å². The predicted molar refractivity (Wildman–Crippen MR) is 124 cm³/mol. The highest BCUT2D eigenvalue weighted by Gasteiger charge is 2.37. The van der Waals surface area contributed by atoms with Crippen LogP contribution in [0.25, 0.3) is 10.9 Å². The number of halogens is 6. The molecule has 1 aliphatic heterocycles. The fourth-order valence-electron chi connectivity index (χ4n) is 4.30. The quantitative estimate of drug-likeness (QED) is 0.264. The highest BCUT2D eigenvalue weighted by molar-refractivity contribution is 6.05. The van der Waals surface area contributed by atoms with Crippen molar-refractivity contribution in [3.8, 4) is 11.5 Å². The lowest BCUT2D eigenvalue weighted by molar-refractivity contribution is -0.143. The lowest BCUT2D eigenvalue weighted by Crippen LogP contribution is -2.31. The molecule has 5 nitrogen and oxygen atoms in total. The van der Waals surface area contributed by atoms with E-state index in [9.17, 15) is 31.1 Å². The number of alkyl halides is 6. The molecule has 0 N–H and O–H groups in total. The van der Waals surface area contributed by atoms with Crippen molar-refractivity contribution in [2.24, 2.45) is 0 Å². The number of amides is 1. The van der Waals surface area contributed by atoms with Crippen LogP contribution in [0.15, 0.2) is 72.9 Å². The molecule has 2 heterocycles. The summed E-state index contributed by atoms with van der Waals surface area (Å²) in [4.78, 5) is 19.2. The summed E-state index contributed by atoms with van der Waals surface area (Å²) in [5, 5.41) is 0.647. The van der Waals surface area contributed by atoms with Gasteiger partial charge in [0.2, 0.25) is 6.79 Å². The van der Waals surface area contributed by atoms with Crippen molar-refractivity contribution in [3.63, 3.8) is 0 Å². The van der Waals surface area contributed by atoms with Gasteiger partial charge in [0.15, 0.2) is 11.5 Å². The Bertz CT molecular complexity index is 1480. The highest BCUT2D eigenvalue weighted by Crippen LogP contribution is 2.38. The van der Waals surface area contributed by atoms with Gasteiger partial charge in [-0.15, -0.1) is 0 Å². The number of carbonyl (C=O) groups is 1. The molecule has 0 atom stereocenters. The minimum atomic E-state index is -5.02. The molecule has 0 saturated carbocycles. The van der Waals surface area contributed by atoms with Crippen molar-refractivity contribution in [1.29, 1.82) is 0 Å². The summed E-state index contributed by atoms with van der Waals surface area (Å²) in [5.74, 6) is 0.137. The first kappa shape index (κ1) is 25.4. The minimum absolute atomic E-state index is 0.0551. The van der Waals surface area contributed by atoms with Gasteiger partial charge >= 0.3 is 12.4 Å². The number of benzene rings is 3. The molecule has 38 heavy (non-hydrogen) atoms. The van der Waals surface area contributed by atoms with Crippen molar-refractivity contribution < 1.29 is 40.6 Å². The maximum Gasteiger partial charge on any atom is 0.416 e. The summed E-state index contributed by atoms with van der Waals surface area (Å²) in [6.07, 6.45) is -8.55. The van der Waals surface area contributed by atoms with Gasteiger partial charge in [0.25, 0.3) is 5.91 Å². The third-order valence-electron chi connectivity index (χ3n) is 6.01. The lowest BCUT2D eigenvalue weighted by Gasteiger charge is -2.25. The van der Waals surface area contributed by atoms with Gasteiger partial charge in [-0.05, 0) is 42.0 Å². The molecule has 0 fully saturated rings. The van der Waals surface area contributed by atoms with Crippen LogP contribution >= 0.6 is 0 Å². The van der Waals surface area contributed by atoms with E-state index < -0.39 is 35.9 Å². The molecule has 0 bridgehead atoms. The molecule has 1 aromatic heterocycles. The first-order chi connectivity index (χ1) is 18.0. The molecule has 0 radical (unpaired) electrons. The van der Waals surface area contributed by atoms with E-state index in [2.05, 4.69) is 4.98 Å². The highest BCUT2D eigenvalue weighted by atomic mass is 19.4. The van der Waals surface area contributed by atoms with Crippen LogP contribution in [0.1, 0.15) is 32.6 Å². The molecule has 11 heteroatoms. The maximum atomic E-state index is 13.8. The molecule has 1 aliphatic rings. The molecule has 5 rings (SSSR count). The molecular weight excluding hydrogens is 514 g/mol. The third-order valence-corrected chi connectivity index (χ3v) is 6.01. The Morgan fingerprint density at radius 2 is 1.53 bits per heavy atom. The van der Waals surface area contributed by atoms with Crippen molar-refractivity contribution in [2.45, 2.75) is 25.4 Å². The van der Waals surface area contributed by atoms with E-state index >= 15 is 0 Å². The summed E-state index contributed by atoms with van der Waals surface area (Å²) < 4.78 is 91.7. The number of pyridine rings is 1. The Kier molecular flexibility index (Phi) is 6.38. The molecule has 0 aliphatic carbocycles. The van der Waals surface area contributed by atoms with Gasteiger partial charge in [0, 0.05) is 23.7 Å². The zero-order valence-electron chi connectivity index (χ0n) is 19.4. The van der Waals surface area contributed by atoms with E-state index in [-0.39, 0.29) is 30.5 Å². The van der Waals surface area contributed by atoms with Crippen LogP contribution in [0.2, 0.25) is 0 Å². The van der Waals surface area contributed by atoms with Gasteiger partial charge in [-0.3, -0.25) is 9.78 Å². The van der Waals surface area contributed by atoms with E-state index in [1.807, 2.05) is 0 Å². The number of rotatable bonds is 5. The maximum absolute atomic E-state index is 13.8. The second kappa shape index (κ2) is 9.55. The Balaban J connectivity index is 1.60. The number of fused-ring (bicyclic) bond motifs is 2. The van der Waals surface area contributed by atoms with Crippen molar-refractivity contribution in [2.75, 3.05) is 6.79 Å². The van der Waals surface area contributed by atoms with Gasteiger partial charge < -0.3 is 14.4 Å². The van der Waals surface area contributed by atoms with Gasteiger partial charge in [0.1, 0.15) is 0 Å². The van der Waals surface area contributed by atoms with Gasteiger partial charge in [-0.25, -0.2) is 0 Å². The second-order valence-electron chi connectivity index (χ2n) is 8.61. The lowest BCUT2D eigenvalue weighted by atomic mass is 10.0.